The molecule has 2 bridgehead atoms. The number of carbonyl (C=O) groups excluding carboxylic acids is 2. The molecule has 0 aliphatic heterocycles. The Bertz CT molecular complexity index is 891. The van der Waals surface area contributed by atoms with Crippen LogP contribution in [0.4, 0.5) is 0 Å². The Hall–Kier alpha value is -1.01. The van der Waals surface area contributed by atoms with E-state index in [0.717, 1.165) is 51.2 Å². The highest BCUT2D eigenvalue weighted by atomic mass is 32.2. The lowest BCUT2D eigenvalue weighted by atomic mass is 9.33. The first kappa shape index (κ1) is 22.2. The molecular weight excluding hydrogens is 400 g/mol. The van der Waals surface area contributed by atoms with Crippen LogP contribution in [-0.2, 0) is 23.9 Å². The number of ketones is 2. The van der Waals surface area contributed by atoms with Crippen LogP contribution >= 0.6 is 0 Å². The number of rotatable bonds is 5. The molecule has 5 saturated carbocycles. The van der Waals surface area contributed by atoms with E-state index in [1.165, 1.54) is 0 Å². The van der Waals surface area contributed by atoms with Crippen LogP contribution in [0.2, 0.25) is 0 Å². The van der Waals surface area contributed by atoms with Gasteiger partial charge in [0.2, 0.25) is 0 Å². The Balaban J connectivity index is 1.91. The lowest BCUT2D eigenvalue weighted by molar-refractivity contribution is -0.206. The van der Waals surface area contributed by atoms with Gasteiger partial charge in [-0.15, -0.1) is 0 Å². The molecule has 7 atom stereocenters. The van der Waals surface area contributed by atoms with E-state index in [4.69, 9.17) is 4.18 Å². The molecule has 0 aromatic carbocycles. The molecule has 0 saturated heterocycles. The van der Waals surface area contributed by atoms with Crippen LogP contribution in [0.25, 0.3) is 0 Å². The molecule has 0 aromatic heterocycles. The van der Waals surface area contributed by atoms with E-state index < -0.39 is 21.5 Å². The molecule has 5 fully saturated rings. The summed E-state index contributed by atoms with van der Waals surface area (Å²) < 4.78 is 29.0. The summed E-state index contributed by atoms with van der Waals surface area (Å²) in [5.41, 5.74) is -0.589. The van der Waals surface area contributed by atoms with Crippen LogP contribution in [-0.4, -0.2) is 32.8 Å². The molecular formula is C24H36O5S. The van der Waals surface area contributed by atoms with Gasteiger partial charge in [-0.3, -0.25) is 13.8 Å². The average molecular weight is 437 g/mol. The molecule has 5 aliphatic rings. The van der Waals surface area contributed by atoms with Gasteiger partial charge in [-0.1, -0.05) is 40.2 Å². The minimum absolute atomic E-state index is 0.0408. The fourth-order valence-corrected chi connectivity index (χ4v) is 8.76. The van der Waals surface area contributed by atoms with E-state index in [9.17, 15) is 18.0 Å². The van der Waals surface area contributed by atoms with Gasteiger partial charge in [-0.05, 0) is 72.7 Å². The Morgan fingerprint density at radius 2 is 1.83 bits per heavy atom. The van der Waals surface area contributed by atoms with E-state index in [1.807, 2.05) is 0 Å². The van der Waals surface area contributed by atoms with Gasteiger partial charge in [0, 0.05) is 5.92 Å². The van der Waals surface area contributed by atoms with Gasteiger partial charge in [0.25, 0.3) is 10.1 Å². The Morgan fingerprint density at radius 1 is 1.13 bits per heavy atom. The van der Waals surface area contributed by atoms with Gasteiger partial charge >= 0.3 is 0 Å². The number of Topliss-reactive ketones (excluding diaryl/α,β-unsaturated/α-hetero) is 2. The molecule has 0 heterocycles. The zero-order valence-electron chi connectivity index (χ0n) is 18.8. The van der Waals surface area contributed by atoms with Crippen molar-refractivity contribution in [1.82, 2.24) is 0 Å². The normalized spacial score (nSPS) is 45.9. The minimum atomic E-state index is -3.68. The molecule has 0 aromatic rings. The first-order chi connectivity index (χ1) is 14.0. The van der Waals surface area contributed by atoms with Crippen molar-refractivity contribution in [3.05, 3.63) is 12.2 Å². The van der Waals surface area contributed by atoms with E-state index in [2.05, 4.69) is 27.4 Å². The molecule has 1 spiro atoms. The molecule has 0 radical (unpaired) electrons. The first-order valence-electron chi connectivity index (χ1n) is 11.6. The van der Waals surface area contributed by atoms with Crippen LogP contribution in [0.1, 0.15) is 72.1 Å². The zero-order valence-corrected chi connectivity index (χ0v) is 19.6. The van der Waals surface area contributed by atoms with Crippen molar-refractivity contribution in [2.24, 2.45) is 39.9 Å². The zero-order chi connectivity index (χ0) is 22.1. The summed E-state index contributed by atoms with van der Waals surface area (Å²) >= 11 is 0. The molecule has 6 heteroatoms. The maximum atomic E-state index is 14.2. The predicted octanol–water partition coefficient (Wildman–Crippen LogP) is 4.32. The van der Waals surface area contributed by atoms with Crippen LogP contribution in [0.3, 0.4) is 0 Å². The third-order valence-corrected chi connectivity index (χ3v) is 10.3. The molecule has 30 heavy (non-hydrogen) atoms. The molecule has 5 nitrogen and oxygen atoms in total. The number of fused-ring (bicyclic) bond motifs is 3. The van der Waals surface area contributed by atoms with Gasteiger partial charge in [-0.25, -0.2) is 0 Å². The summed E-state index contributed by atoms with van der Waals surface area (Å²) in [7, 11) is -3.68. The number of carbonyl (C=O) groups is 2. The third kappa shape index (κ3) is 2.78. The molecule has 168 valence electrons. The maximum absolute atomic E-state index is 14.2. The fraction of sp³-hybridized carbons (Fsp3) is 0.833. The second-order valence-corrected chi connectivity index (χ2v) is 12.4. The predicted molar refractivity (Wildman–Crippen MR) is 115 cm³/mol. The second-order valence-electron chi connectivity index (χ2n) is 10.7. The van der Waals surface area contributed by atoms with E-state index >= 15 is 0 Å². The van der Waals surface area contributed by atoms with Gasteiger partial charge in [0.15, 0.2) is 11.6 Å². The summed E-state index contributed by atoms with van der Waals surface area (Å²) in [6, 6.07) is 0. The highest BCUT2D eigenvalue weighted by molar-refractivity contribution is 7.85. The van der Waals surface area contributed by atoms with Gasteiger partial charge in [-0.2, -0.15) is 8.42 Å². The summed E-state index contributed by atoms with van der Waals surface area (Å²) in [5.74, 6) is -0.396. The molecule has 5 rings (SSSR count). The molecule has 0 N–H and O–H groups in total. The smallest absolute Gasteiger partial charge is 0.264 e. The Labute approximate surface area is 181 Å². The van der Waals surface area contributed by atoms with Gasteiger partial charge < -0.3 is 0 Å². The van der Waals surface area contributed by atoms with Gasteiger partial charge in [0.05, 0.1) is 18.3 Å². The van der Waals surface area contributed by atoms with Crippen molar-refractivity contribution in [2.75, 3.05) is 12.9 Å². The monoisotopic (exact) mass is 436 g/mol. The quantitative estimate of drug-likeness (QED) is 0.364. The SMILES string of the molecule is C=C1C(=O)[C@]23CC[C@H]1CC2[C@]1(CC)CCC[C@@](C)(CC)C1[C@H](COS(C)(=O)=O)C3=O. The van der Waals surface area contributed by atoms with Crippen molar-refractivity contribution >= 4 is 21.7 Å². The summed E-state index contributed by atoms with van der Waals surface area (Å²) in [5, 5.41) is 0. The number of allylic oxidation sites excluding steroid dienone is 1. The topological polar surface area (TPSA) is 77.5 Å². The first-order valence-corrected chi connectivity index (χ1v) is 13.4. The van der Waals surface area contributed by atoms with Crippen molar-refractivity contribution in [3.63, 3.8) is 0 Å². The molecule has 2 unspecified atom stereocenters. The summed E-state index contributed by atoms with van der Waals surface area (Å²) in [6.45, 7) is 10.6. The van der Waals surface area contributed by atoms with Crippen LogP contribution < -0.4 is 0 Å². The summed E-state index contributed by atoms with van der Waals surface area (Å²) in [4.78, 5) is 27.8. The second kappa shape index (κ2) is 6.99. The van der Waals surface area contributed by atoms with Crippen molar-refractivity contribution in [3.8, 4) is 0 Å². The lowest BCUT2D eigenvalue weighted by Gasteiger charge is -2.69. The maximum Gasteiger partial charge on any atom is 0.264 e. The molecule has 5 aliphatic carbocycles. The van der Waals surface area contributed by atoms with Crippen LogP contribution in [0.15, 0.2) is 12.2 Å². The highest BCUT2D eigenvalue weighted by Gasteiger charge is 2.73. The Morgan fingerprint density at radius 3 is 2.43 bits per heavy atom. The summed E-state index contributed by atoms with van der Waals surface area (Å²) in [6.07, 6.45) is 8.31. The van der Waals surface area contributed by atoms with E-state index in [-0.39, 0.29) is 46.8 Å². The number of hydrogen-bond acceptors (Lipinski definition) is 5. The van der Waals surface area contributed by atoms with Crippen molar-refractivity contribution in [2.45, 2.75) is 72.1 Å². The van der Waals surface area contributed by atoms with Crippen molar-refractivity contribution < 1.29 is 22.2 Å². The highest BCUT2D eigenvalue weighted by Crippen LogP contribution is 2.72. The third-order valence-electron chi connectivity index (χ3n) is 9.75. The average Bonchev–Trinajstić information content (AvgIpc) is 2.71. The van der Waals surface area contributed by atoms with E-state index in [1.54, 1.807) is 0 Å². The fourth-order valence-electron chi connectivity index (χ4n) is 8.37. The largest absolute Gasteiger partial charge is 0.298 e. The minimum Gasteiger partial charge on any atom is -0.298 e. The van der Waals surface area contributed by atoms with Crippen LogP contribution in [0, 0.1) is 39.9 Å². The van der Waals surface area contributed by atoms with Gasteiger partial charge in [0.1, 0.15) is 0 Å². The van der Waals surface area contributed by atoms with Crippen molar-refractivity contribution in [1.29, 1.82) is 0 Å². The molecule has 0 amide bonds. The van der Waals surface area contributed by atoms with Crippen LogP contribution in [0.5, 0.6) is 0 Å². The standard InChI is InChI=1S/C24H36O5S/c1-6-22(4)10-8-11-23(7-2)18-13-16-9-12-24(18,20(25)15(16)3)21(26)17(19(22)23)14-29-30(5,27)28/h16-19H,3,6-14H2,1-2,4-5H3/t16-,17-,18?,19?,22+,23-,24-/m0/s1. The lowest BCUT2D eigenvalue weighted by Crippen LogP contribution is -2.70. The number of hydrogen-bond donors (Lipinski definition) is 0. The van der Waals surface area contributed by atoms with E-state index in [0.29, 0.717) is 12.0 Å². The Kier molecular flexibility index (Phi) is 5.17.